The molecule has 0 aliphatic rings. The number of amides is 2. The summed E-state index contributed by atoms with van der Waals surface area (Å²) in [5, 5.41) is 6.76. The molecule has 0 aliphatic heterocycles. The molecule has 8 nitrogen and oxygen atoms in total. The first kappa shape index (κ1) is 24.5. The fourth-order valence-corrected chi connectivity index (χ4v) is 2.94. The number of rotatable bonds is 9. The lowest BCUT2D eigenvalue weighted by Gasteiger charge is -2.06. The Hall–Kier alpha value is -4.17. The molecule has 0 radical (unpaired) electrons. The molecule has 0 aromatic heterocycles. The molecular weight excluding hydrogens is 458 g/mol. The smallest absolute Gasteiger partial charge is 0.343 e. The minimum Gasteiger partial charge on any atom is -0.494 e. The van der Waals surface area contributed by atoms with Crippen molar-refractivity contribution in [3.63, 3.8) is 0 Å². The Labute approximate surface area is 201 Å². The molecule has 9 heteroatoms. The molecule has 2 amide bonds. The highest BCUT2D eigenvalue weighted by molar-refractivity contribution is 6.31. The third-order valence-corrected chi connectivity index (χ3v) is 4.63. The normalized spacial score (nSPS) is 10.5. The number of benzene rings is 3. The predicted molar refractivity (Wildman–Crippen MR) is 129 cm³/mol. The fraction of sp³-hybridized carbons (Fsp3) is 0.120. The summed E-state index contributed by atoms with van der Waals surface area (Å²) in [6.07, 6.45) is 1.43. The van der Waals surface area contributed by atoms with E-state index in [1.165, 1.54) is 12.3 Å². The number of halogens is 1. The maximum absolute atomic E-state index is 12.3. The van der Waals surface area contributed by atoms with Crippen LogP contribution in [0.2, 0.25) is 5.02 Å². The number of hydrazone groups is 1. The summed E-state index contributed by atoms with van der Waals surface area (Å²) in [5.41, 5.74) is 3.75. The van der Waals surface area contributed by atoms with Crippen molar-refractivity contribution in [2.45, 2.75) is 6.92 Å². The number of nitrogens with one attached hydrogen (secondary N) is 2. The molecule has 0 spiro atoms. The zero-order valence-electron chi connectivity index (χ0n) is 18.3. The van der Waals surface area contributed by atoms with Crippen LogP contribution in [0.4, 0.5) is 0 Å². The molecule has 0 heterocycles. The number of carbonyl (C=O) groups excluding carboxylic acids is 3. The first-order chi connectivity index (χ1) is 16.4. The Kier molecular flexibility index (Phi) is 8.76. The van der Waals surface area contributed by atoms with Crippen molar-refractivity contribution in [2.24, 2.45) is 5.10 Å². The number of esters is 1. The van der Waals surface area contributed by atoms with E-state index in [2.05, 4.69) is 15.8 Å². The summed E-state index contributed by atoms with van der Waals surface area (Å²) in [5.74, 6) is -0.358. The molecule has 2 N–H and O–H groups in total. The SMILES string of the molecule is CCOc1ccc(C(=O)Oc2ccc(/C=N\NC(=O)CNC(=O)c3cccc(Cl)c3)cc2)cc1. The lowest BCUT2D eigenvalue weighted by molar-refractivity contribution is -0.120. The van der Waals surface area contributed by atoms with E-state index in [9.17, 15) is 14.4 Å². The van der Waals surface area contributed by atoms with Gasteiger partial charge in [-0.3, -0.25) is 9.59 Å². The molecule has 0 aliphatic carbocycles. The van der Waals surface area contributed by atoms with Gasteiger partial charge in [-0.1, -0.05) is 17.7 Å². The first-order valence-electron chi connectivity index (χ1n) is 10.4. The molecule has 174 valence electrons. The van der Waals surface area contributed by atoms with E-state index in [0.717, 1.165) is 0 Å². The van der Waals surface area contributed by atoms with E-state index in [-0.39, 0.29) is 6.54 Å². The number of hydrogen-bond donors (Lipinski definition) is 2. The summed E-state index contributed by atoms with van der Waals surface area (Å²) in [6, 6.07) is 19.7. The third-order valence-electron chi connectivity index (χ3n) is 4.39. The van der Waals surface area contributed by atoms with Crippen molar-refractivity contribution in [1.29, 1.82) is 0 Å². The zero-order valence-corrected chi connectivity index (χ0v) is 19.0. The van der Waals surface area contributed by atoms with Crippen LogP contribution in [0.1, 0.15) is 33.2 Å². The van der Waals surface area contributed by atoms with E-state index in [4.69, 9.17) is 21.1 Å². The molecule has 34 heavy (non-hydrogen) atoms. The van der Waals surface area contributed by atoms with Crippen molar-refractivity contribution >= 4 is 35.6 Å². The van der Waals surface area contributed by atoms with Gasteiger partial charge in [0.25, 0.3) is 11.8 Å². The molecule has 3 rings (SSSR count). The Morgan fingerprint density at radius 1 is 0.941 bits per heavy atom. The molecule has 0 fully saturated rings. The average molecular weight is 480 g/mol. The summed E-state index contributed by atoms with van der Waals surface area (Å²) in [7, 11) is 0. The van der Waals surface area contributed by atoms with Gasteiger partial charge < -0.3 is 14.8 Å². The minimum atomic E-state index is -0.493. The Balaban J connectivity index is 1.44. The highest BCUT2D eigenvalue weighted by Gasteiger charge is 2.09. The van der Waals surface area contributed by atoms with Gasteiger partial charge in [0.2, 0.25) is 0 Å². The maximum atomic E-state index is 12.3. The van der Waals surface area contributed by atoms with E-state index >= 15 is 0 Å². The standard InChI is InChI=1S/C25H22ClN3O5/c1-2-33-21-12-8-18(9-13-21)25(32)34-22-10-6-17(7-11-22)15-28-29-23(30)16-27-24(31)19-4-3-5-20(26)14-19/h3-15H,2,16H2,1H3,(H,27,31)(H,29,30)/b28-15-. The molecule has 3 aromatic rings. The van der Waals surface area contributed by atoms with Crippen LogP contribution in [0, 0.1) is 0 Å². The molecule has 0 saturated heterocycles. The van der Waals surface area contributed by atoms with Gasteiger partial charge in [-0.15, -0.1) is 0 Å². The highest BCUT2D eigenvalue weighted by Crippen LogP contribution is 2.16. The first-order valence-corrected chi connectivity index (χ1v) is 10.7. The van der Waals surface area contributed by atoms with Crippen molar-refractivity contribution < 1.29 is 23.9 Å². The second-order valence-corrected chi connectivity index (χ2v) is 7.34. The summed E-state index contributed by atoms with van der Waals surface area (Å²) >= 11 is 5.85. The predicted octanol–water partition coefficient (Wildman–Crippen LogP) is 3.84. The molecule has 0 atom stereocenters. The van der Waals surface area contributed by atoms with Crippen LogP contribution in [-0.2, 0) is 4.79 Å². The Morgan fingerprint density at radius 2 is 1.65 bits per heavy atom. The minimum absolute atomic E-state index is 0.247. The van der Waals surface area contributed by atoms with Gasteiger partial charge >= 0.3 is 5.97 Å². The second kappa shape index (κ2) is 12.2. The average Bonchev–Trinajstić information content (AvgIpc) is 2.84. The fourth-order valence-electron chi connectivity index (χ4n) is 2.75. The van der Waals surface area contributed by atoms with Gasteiger partial charge in [0, 0.05) is 10.6 Å². The monoisotopic (exact) mass is 479 g/mol. The summed E-state index contributed by atoms with van der Waals surface area (Å²) in [4.78, 5) is 36.1. The van der Waals surface area contributed by atoms with Gasteiger partial charge in [0.05, 0.1) is 24.9 Å². The van der Waals surface area contributed by atoms with Crippen LogP contribution in [0.3, 0.4) is 0 Å². The van der Waals surface area contributed by atoms with E-state index in [1.54, 1.807) is 66.7 Å². The van der Waals surface area contributed by atoms with Crippen LogP contribution in [0.15, 0.2) is 77.9 Å². The van der Waals surface area contributed by atoms with Crippen molar-refractivity contribution in [2.75, 3.05) is 13.2 Å². The van der Waals surface area contributed by atoms with E-state index in [1.807, 2.05) is 6.92 Å². The van der Waals surface area contributed by atoms with Crippen LogP contribution in [0.5, 0.6) is 11.5 Å². The van der Waals surface area contributed by atoms with Crippen LogP contribution in [0.25, 0.3) is 0 Å². The summed E-state index contributed by atoms with van der Waals surface area (Å²) < 4.78 is 10.7. The van der Waals surface area contributed by atoms with Crippen LogP contribution in [-0.4, -0.2) is 37.1 Å². The van der Waals surface area contributed by atoms with Gasteiger partial charge in [-0.05, 0) is 79.2 Å². The molecule has 0 saturated carbocycles. The molecule has 0 unspecified atom stereocenters. The number of nitrogens with zero attached hydrogens (tertiary/aromatic N) is 1. The molecule has 0 bridgehead atoms. The maximum Gasteiger partial charge on any atom is 0.343 e. The lowest BCUT2D eigenvalue weighted by Crippen LogP contribution is -2.34. The number of carbonyl (C=O) groups is 3. The molecular formula is C25H22ClN3O5. The van der Waals surface area contributed by atoms with Gasteiger partial charge in [0.1, 0.15) is 11.5 Å². The zero-order chi connectivity index (χ0) is 24.3. The highest BCUT2D eigenvalue weighted by atomic mass is 35.5. The van der Waals surface area contributed by atoms with Crippen molar-refractivity contribution in [3.8, 4) is 11.5 Å². The van der Waals surface area contributed by atoms with Crippen LogP contribution < -0.4 is 20.2 Å². The lowest BCUT2D eigenvalue weighted by atomic mass is 10.2. The second-order valence-electron chi connectivity index (χ2n) is 6.90. The topological polar surface area (TPSA) is 106 Å². The van der Waals surface area contributed by atoms with Crippen LogP contribution >= 0.6 is 11.6 Å². The number of hydrogen-bond acceptors (Lipinski definition) is 6. The molecule has 3 aromatic carbocycles. The van der Waals surface area contributed by atoms with Crippen molar-refractivity contribution in [1.82, 2.24) is 10.7 Å². The van der Waals surface area contributed by atoms with E-state index < -0.39 is 17.8 Å². The summed E-state index contributed by atoms with van der Waals surface area (Å²) in [6.45, 7) is 2.18. The largest absolute Gasteiger partial charge is 0.494 e. The Bertz CT molecular complexity index is 1180. The van der Waals surface area contributed by atoms with Gasteiger partial charge in [-0.25, -0.2) is 10.2 Å². The van der Waals surface area contributed by atoms with E-state index in [0.29, 0.717) is 39.8 Å². The third kappa shape index (κ3) is 7.46. The quantitative estimate of drug-likeness (QED) is 0.210. The Morgan fingerprint density at radius 3 is 2.32 bits per heavy atom. The van der Waals surface area contributed by atoms with Gasteiger partial charge in [-0.2, -0.15) is 5.10 Å². The van der Waals surface area contributed by atoms with Gasteiger partial charge in [0.15, 0.2) is 0 Å². The van der Waals surface area contributed by atoms with Crippen molar-refractivity contribution in [3.05, 3.63) is 94.5 Å². The number of ether oxygens (including phenoxy) is 2.